The fraction of sp³-hybridized carbons (Fsp3) is 0.296. The van der Waals surface area contributed by atoms with Crippen molar-refractivity contribution in [3.63, 3.8) is 0 Å². The number of sulfone groups is 1. The molecule has 0 amide bonds. The monoisotopic (exact) mass is 533 g/mol. The molecule has 8 heteroatoms. The molecule has 0 fully saturated rings. The van der Waals surface area contributed by atoms with Gasteiger partial charge in [0.2, 0.25) is 0 Å². The van der Waals surface area contributed by atoms with Gasteiger partial charge in [0.05, 0.1) is 20.7 Å². The van der Waals surface area contributed by atoms with Gasteiger partial charge in [-0.15, -0.1) is 0 Å². The first-order chi connectivity index (χ1) is 16.6. The van der Waals surface area contributed by atoms with Gasteiger partial charge in [0, 0.05) is 24.9 Å². The topological polar surface area (TPSA) is 63.2 Å². The van der Waals surface area contributed by atoms with Crippen LogP contribution in [-0.2, 0) is 39.8 Å². The Hall–Kier alpha value is -2.25. The third-order valence-electron chi connectivity index (χ3n) is 6.33. The second-order valence-electron chi connectivity index (χ2n) is 9.01. The highest BCUT2D eigenvalue weighted by atomic mass is 35.5. The highest BCUT2D eigenvalue weighted by molar-refractivity contribution is 7.90. The Morgan fingerprint density at radius 3 is 2.57 bits per heavy atom. The lowest BCUT2D eigenvalue weighted by atomic mass is 9.93. The summed E-state index contributed by atoms with van der Waals surface area (Å²) >= 11 is 12.3. The third-order valence-corrected chi connectivity index (χ3v) is 8.85. The molecular formula is C27H26Cl2FNO3S. The molecule has 1 unspecified atom stereocenters. The predicted octanol–water partition coefficient (Wildman–Crippen LogP) is 6.06. The van der Waals surface area contributed by atoms with E-state index in [9.17, 15) is 17.6 Å². The smallest absolute Gasteiger partial charge is 0.182 e. The van der Waals surface area contributed by atoms with Gasteiger partial charge in [0.15, 0.2) is 9.84 Å². The second-order valence-corrected chi connectivity index (χ2v) is 11.8. The van der Waals surface area contributed by atoms with Crippen LogP contribution in [0.25, 0.3) is 0 Å². The van der Waals surface area contributed by atoms with Crippen LogP contribution < -0.4 is 5.32 Å². The molecule has 3 aromatic carbocycles. The van der Waals surface area contributed by atoms with Crippen molar-refractivity contribution in [3.05, 3.63) is 98.3 Å². The van der Waals surface area contributed by atoms with Crippen LogP contribution in [0.1, 0.15) is 47.1 Å². The molecule has 1 aliphatic rings. The Balaban J connectivity index is 1.42. The average molecular weight is 534 g/mol. The molecule has 1 atom stereocenters. The van der Waals surface area contributed by atoms with Gasteiger partial charge in [-0.05, 0) is 65.4 Å². The minimum Gasteiger partial charge on any atom is -0.312 e. The van der Waals surface area contributed by atoms with Crippen molar-refractivity contribution in [2.45, 2.75) is 49.3 Å². The number of fused-ring (bicyclic) bond motifs is 1. The molecule has 4 rings (SSSR count). The molecule has 35 heavy (non-hydrogen) atoms. The molecule has 3 aromatic rings. The average Bonchev–Trinajstić information content (AvgIpc) is 2.81. The molecule has 0 radical (unpaired) electrons. The van der Waals surface area contributed by atoms with Crippen LogP contribution in [0.5, 0.6) is 0 Å². The summed E-state index contributed by atoms with van der Waals surface area (Å²) in [6, 6.07) is 14.7. The highest BCUT2D eigenvalue weighted by Gasteiger charge is 2.21. The largest absolute Gasteiger partial charge is 0.312 e. The number of Topliss-reactive ketones (excluding diaryl/α,β-unsaturated/α-hetero) is 1. The van der Waals surface area contributed by atoms with Crippen LogP contribution in [-0.4, -0.2) is 20.7 Å². The molecular weight excluding hydrogens is 508 g/mol. The summed E-state index contributed by atoms with van der Waals surface area (Å²) in [5, 5.41) is 4.09. The zero-order valence-electron chi connectivity index (χ0n) is 19.3. The first-order valence-electron chi connectivity index (χ1n) is 11.4. The predicted molar refractivity (Wildman–Crippen MR) is 137 cm³/mol. The van der Waals surface area contributed by atoms with E-state index in [0.29, 0.717) is 22.2 Å². The van der Waals surface area contributed by atoms with Gasteiger partial charge in [0.1, 0.15) is 11.6 Å². The summed E-state index contributed by atoms with van der Waals surface area (Å²) in [7, 11) is -3.74. The number of hydrogen-bond donors (Lipinski definition) is 1. The minimum absolute atomic E-state index is 0.00905. The lowest BCUT2D eigenvalue weighted by molar-refractivity contribution is -0.118. The van der Waals surface area contributed by atoms with Crippen LogP contribution in [0.4, 0.5) is 4.39 Å². The number of halogens is 3. The van der Waals surface area contributed by atoms with Crippen molar-refractivity contribution in [2.75, 3.05) is 6.54 Å². The zero-order chi connectivity index (χ0) is 25.2. The first-order valence-corrected chi connectivity index (χ1v) is 13.8. The quantitative estimate of drug-likeness (QED) is 0.382. The van der Waals surface area contributed by atoms with E-state index in [4.69, 9.17) is 23.2 Å². The number of carbonyl (C=O) groups excluding carboxylic acids is 1. The fourth-order valence-electron chi connectivity index (χ4n) is 4.42. The lowest BCUT2D eigenvalue weighted by Crippen LogP contribution is -2.24. The number of nitrogens with one attached hydrogen (secondary N) is 1. The maximum atomic E-state index is 14.6. The Labute approximate surface area is 215 Å². The van der Waals surface area contributed by atoms with E-state index in [2.05, 4.69) is 5.32 Å². The van der Waals surface area contributed by atoms with E-state index >= 15 is 0 Å². The van der Waals surface area contributed by atoms with Gasteiger partial charge >= 0.3 is 0 Å². The number of hydrogen-bond acceptors (Lipinski definition) is 4. The van der Waals surface area contributed by atoms with Crippen LogP contribution in [0, 0.1) is 5.82 Å². The zero-order valence-corrected chi connectivity index (χ0v) is 21.6. The van der Waals surface area contributed by atoms with E-state index in [1.165, 1.54) is 18.2 Å². The van der Waals surface area contributed by atoms with Crippen LogP contribution in [0.15, 0.2) is 59.5 Å². The number of benzene rings is 3. The number of carbonyl (C=O) groups is 1. The Kier molecular flexibility index (Phi) is 7.96. The van der Waals surface area contributed by atoms with Gasteiger partial charge in [-0.3, -0.25) is 4.79 Å². The Bertz CT molecular complexity index is 1360. The van der Waals surface area contributed by atoms with E-state index < -0.39 is 21.4 Å². The van der Waals surface area contributed by atoms with Crippen LogP contribution >= 0.6 is 23.2 Å². The lowest BCUT2D eigenvalue weighted by Gasteiger charge is -2.18. The summed E-state index contributed by atoms with van der Waals surface area (Å²) in [5.74, 6) is -1.01. The molecule has 0 spiro atoms. The van der Waals surface area contributed by atoms with Crippen LogP contribution in [0.3, 0.4) is 0 Å². The molecule has 0 aliphatic carbocycles. The Morgan fingerprint density at radius 1 is 1.09 bits per heavy atom. The normalized spacial score (nSPS) is 14.4. The van der Waals surface area contributed by atoms with E-state index in [1.807, 2.05) is 13.0 Å². The fourth-order valence-corrected chi connectivity index (χ4v) is 6.26. The van der Waals surface area contributed by atoms with Crippen molar-refractivity contribution in [2.24, 2.45) is 0 Å². The molecule has 1 heterocycles. The molecule has 0 aromatic heterocycles. The van der Waals surface area contributed by atoms with Crippen molar-refractivity contribution < 1.29 is 17.6 Å². The number of ketones is 1. The first kappa shape index (κ1) is 25.8. The molecule has 1 aliphatic heterocycles. The van der Waals surface area contributed by atoms with Crippen molar-refractivity contribution in [1.82, 2.24) is 5.32 Å². The van der Waals surface area contributed by atoms with E-state index in [1.54, 1.807) is 30.3 Å². The SMILES string of the molecule is CC(CC(=O)Cc1ccc(S(=O)(=O)Cc2cc3c(cc2F)CNCC3)cc1)c1cccc(Cl)c1Cl. The molecule has 0 saturated heterocycles. The van der Waals surface area contributed by atoms with Gasteiger partial charge in [-0.25, -0.2) is 12.8 Å². The van der Waals surface area contributed by atoms with E-state index in [-0.39, 0.29) is 35.0 Å². The molecule has 0 bridgehead atoms. The maximum absolute atomic E-state index is 14.6. The van der Waals surface area contributed by atoms with Crippen molar-refractivity contribution in [1.29, 1.82) is 0 Å². The second kappa shape index (κ2) is 10.8. The summed E-state index contributed by atoms with van der Waals surface area (Å²) in [4.78, 5) is 12.7. The molecule has 4 nitrogen and oxygen atoms in total. The van der Waals surface area contributed by atoms with Crippen LogP contribution in [0.2, 0.25) is 10.0 Å². The van der Waals surface area contributed by atoms with Crippen molar-refractivity contribution in [3.8, 4) is 0 Å². The molecule has 184 valence electrons. The maximum Gasteiger partial charge on any atom is 0.182 e. The van der Waals surface area contributed by atoms with Gasteiger partial charge < -0.3 is 5.32 Å². The highest BCUT2D eigenvalue weighted by Crippen LogP contribution is 2.32. The van der Waals surface area contributed by atoms with Crippen molar-refractivity contribution >= 4 is 38.8 Å². The summed E-state index contributed by atoms with van der Waals surface area (Å²) in [6.45, 7) is 3.29. The number of rotatable bonds is 8. The molecule has 0 saturated carbocycles. The summed E-state index contributed by atoms with van der Waals surface area (Å²) < 4.78 is 40.5. The summed E-state index contributed by atoms with van der Waals surface area (Å²) in [5.41, 5.74) is 3.57. The summed E-state index contributed by atoms with van der Waals surface area (Å²) in [6.07, 6.45) is 1.21. The van der Waals surface area contributed by atoms with Gasteiger partial charge in [-0.1, -0.05) is 60.5 Å². The van der Waals surface area contributed by atoms with E-state index in [0.717, 1.165) is 29.7 Å². The standard InChI is InChI=1S/C27H26Cl2FNO3S/c1-17(24-3-2-4-25(28)27(24)29)11-22(32)12-18-5-7-23(8-6-18)35(33,34)16-21-13-19-9-10-31-15-20(19)14-26(21)30/h2-8,13-14,17,31H,9-12,15-16H2,1H3. The van der Waals surface area contributed by atoms with Gasteiger partial charge in [-0.2, -0.15) is 0 Å². The van der Waals surface area contributed by atoms with Gasteiger partial charge in [0.25, 0.3) is 0 Å². The third kappa shape index (κ3) is 6.12. The Morgan fingerprint density at radius 2 is 1.83 bits per heavy atom. The minimum atomic E-state index is -3.74. The molecule has 1 N–H and O–H groups in total.